The van der Waals surface area contributed by atoms with Gasteiger partial charge in [-0.3, -0.25) is 0 Å². The van der Waals surface area contributed by atoms with E-state index in [1.807, 2.05) is 25.1 Å². The molecular weight excluding hydrogens is 228 g/mol. The summed E-state index contributed by atoms with van der Waals surface area (Å²) in [4.78, 5) is 0. The summed E-state index contributed by atoms with van der Waals surface area (Å²) in [6.45, 7) is 6.17. The fraction of sp³-hybridized carbons (Fsp3) is 0.600. The van der Waals surface area contributed by atoms with E-state index in [0.717, 1.165) is 6.42 Å². The lowest BCUT2D eigenvalue weighted by Gasteiger charge is -2.15. The van der Waals surface area contributed by atoms with Crippen molar-refractivity contribution in [2.24, 2.45) is 5.92 Å². The van der Waals surface area contributed by atoms with E-state index in [-0.39, 0.29) is 12.4 Å². The Kier molecular flexibility index (Phi) is 5.17. The van der Waals surface area contributed by atoms with E-state index < -0.39 is 0 Å². The molecule has 1 fully saturated rings. The molecule has 3 atom stereocenters. The largest absolute Gasteiger partial charge is 0.374 e. The molecule has 100 valence electrons. The molecule has 1 saturated heterocycles. The van der Waals surface area contributed by atoms with Gasteiger partial charge in [0.1, 0.15) is 0 Å². The molecule has 0 spiro atoms. The van der Waals surface area contributed by atoms with Crippen molar-refractivity contribution in [3.63, 3.8) is 0 Å². The third kappa shape index (κ3) is 3.80. The zero-order chi connectivity index (χ0) is 12.8. The van der Waals surface area contributed by atoms with Crippen LogP contribution in [0.1, 0.15) is 25.8 Å². The van der Waals surface area contributed by atoms with Crippen LogP contribution in [0, 0.1) is 5.92 Å². The maximum atomic E-state index is 5.80. The topological polar surface area (TPSA) is 27.7 Å². The molecule has 0 radical (unpaired) electrons. The average Bonchev–Trinajstić information content (AvgIpc) is 2.72. The first-order chi connectivity index (χ1) is 8.79. The Morgan fingerprint density at radius 3 is 2.78 bits per heavy atom. The van der Waals surface area contributed by atoms with Crippen LogP contribution in [-0.4, -0.2) is 25.6 Å². The van der Waals surface area contributed by atoms with E-state index in [9.17, 15) is 0 Å². The van der Waals surface area contributed by atoms with Crippen molar-refractivity contribution >= 4 is 0 Å². The van der Waals surface area contributed by atoms with Gasteiger partial charge in [0, 0.05) is 13.0 Å². The SMILES string of the molecule is CCOC1C[C@@H](C)[C@H](COCc2ccccc2)O1. The second-order valence-corrected chi connectivity index (χ2v) is 4.77. The van der Waals surface area contributed by atoms with E-state index in [1.54, 1.807) is 0 Å². The summed E-state index contributed by atoms with van der Waals surface area (Å²) in [5, 5.41) is 0. The van der Waals surface area contributed by atoms with Gasteiger partial charge in [0.25, 0.3) is 0 Å². The van der Waals surface area contributed by atoms with Crippen molar-refractivity contribution in [3.8, 4) is 0 Å². The highest BCUT2D eigenvalue weighted by molar-refractivity contribution is 5.13. The Balaban J connectivity index is 1.71. The number of ether oxygens (including phenoxy) is 3. The summed E-state index contributed by atoms with van der Waals surface area (Å²) in [5.74, 6) is 0.498. The first-order valence-electron chi connectivity index (χ1n) is 6.68. The lowest BCUT2D eigenvalue weighted by Crippen LogP contribution is -2.21. The van der Waals surface area contributed by atoms with Gasteiger partial charge < -0.3 is 14.2 Å². The van der Waals surface area contributed by atoms with Crippen molar-refractivity contribution in [2.45, 2.75) is 39.3 Å². The fourth-order valence-corrected chi connectivity index (χ4v) is 2.20. The van der Waals surface area contributed by atoms with Crippen LogP contribution in [0.4, 0.5) is 0 Å². The van der Waals surface area contributed by atoms with E-state index in [0.29, 0.717) is 25.7 Å². The van der Waals surface area contributed by atoms with E-state index in [2.05, 4.69) is 19.1 Å². The maximum absolute atomic E-state index is 5.80. The average molecular weight is 250 g/mol. The highest BCUT2D eigenvalue weighted by Crippen LogP contribution is 2.27. The number of hydrogen-bond acceptors (Lipinski definition) is 3. The first kappa shape index (κ1) is 13.5. The van der Waals surface area contributed by atoms with Crippen LogP contribution in [0.5, 0.6) is 0 Å². The molecule has 3 heteroatoms. The Morgan fingerprint density at radius 1 is 1.28 bits per heavy atom. The molecule has 1 heterocycles. The molecule has 0 aromatic heterocycles. The van der Waals surface area contributed by atoms with Gasteiger partial charge in [-0.15, -0.1) is 0 Å². The Bertz CT molecular complexity index is 339. The van der Waals surface area contributed by atoms with E-state index in [1.165, 1.54) is 5.56 Å². The molecular formula is C15H22O3. The molecule has 1 aliphatic heterocycles. The Labute approximate surface area is 109 Å². The summed E-state index contributed by atoms with van der Waals surface area (Å²) in [7, 11) is 0. The summed E-state index contributed by atoms with van der Waals surface area (Å²) in [5.41, 5.74) is 1.20. The zero-order valence-corrected chi connectivity index (χ0v) is 11.2. The minimum Gasteiger partial charge on any atom is -0.374 e. The third-order valence-electron chi connectivity index (χ3n) is 3.27. The fourth-order valence-electron chi connectivity index (χ4n) is 2.20. The van der Waals surface area contributed by atoms with Gasteiger partial charge in [0.2, 0.25) is 0 Å². The van der Waals surface area contributed by atoms with Crippen molar-refractivity contribution in [1.82, 2.24) is 0 Å². The number of hydrogen-bond donors (Lipinski definition) is 0. The van der Waals surface area contributed by atoms with Crippen LogP contribution in [0.25, 0.3) is 0 Å². The van der Waals surface area contributed by atoms with Gasteiger partial charge in [-0.2, -0.15) is 0 Å². The lowest BCUT2D eigenvalue weighted by molar-refractivity contribution is -0.144. The zero-order valence-electron chi connectivity index (χ0n) is 11.2. The highest BCUT2D eigenvalue weighted by Gasteiger charge is 2.32. The molecule has 18 heavy (non-hydrogen) atoms. The minimum absolute atomic E-state index is 0.0460. The molecule has 2 rings (SSSR count). The predicted octanol–water partition coefficient (Wildman–Crippen LogP) is 2.99. The van der Waals surface area contributed by atoms with Gasteiger partial charge >= 0.3 is 0 Å². The summed E-state index contributed by atoms with van der Waals surface area (Å²) in [6.07, 6.45) is 1.08. The molecule has 3 nitrogen and oxygen atoms in total. The molecule has 0 bridgehead atoms. The summed E-state index contributed by atoms with van der Waals surface area (Å²) in [6, 6.07) is 10.2. The highest BCUT2D eigenvalue weighted by atomic mass is 16.7. The first-order valence-corrected chi connectivity index (χ1v) is 6.68. The number of benzene rings is 1. The smallest absolute Gasteiger partial charge is 0.158 e. The van der Waals surface area contributed by atoms with Crippen molar-refractivity contribution in [2.75, 3.05) is 13.2 Å². The third-order valence-corrected chi connectivity index (χ3v) is 3.27. The van der Waals surface area contributed by atoms with E-state index >= 15 is 0 Å². The molecule has 1 unspecified atom stereocenters. The van der Waals surface area contributed by atoms with Gasteiger partial charge in [0.05, 0.1) is 19.3 Å². The minimum atomic E-state index is -0.0460. The van der Waals surface area contributed by atoms with Gasteiger partial charge in [0.15, 0.2) is 6.29 Å². The van der Waals surface area contributed by atoms with Crippen LogP contribution in [0.15, 0.2) is 30.3 Å². The molecule has 1 aromatic rings. The van der Waals surface area contributed by atoms with Gasteiger partial charge in [-0.05, 0) is 18.4 Å². The summed E-state index contributed by atoms with van der Waals surface area (Å²) < 4.78 is 17.0. The van der Waals surface area contributed by atoms with Gasteiger partial charge in [-0.1, -0.05) is 37.3 Å². The molecule has 0 aliphatic carbocycles. The molecule has 0 amide bonds. The van der Waals surface area contributed by atoms with E-state index in [4.69, 9.17) is 14.2 Å². The second kappa shape index (κ2) is 6.88. The van der Waals surface area contributed by atoms with Crippen molar-refractivity contribution < 1.29 is 14.2 Å². The summed E-state index contributed by atoms with van der Waals surface area (Å²) >= 11 is 0. The maximum Gasteiger partial charge on any atom is 0.158 e. The lowest BCUT2D eigenvalue weighted by atomic mass is 10.0. The molecule has 1 aromatic carbocycles. The Hall–Kier alpha value is -0.900. The quantitative estimate of drug-likeness (QED) is 0.777. The van der Waals surface area contributed by atoms with Crippen LogP contribution in [0.3, 0.4) is 0 Å². The number of rotatable bonds is 6. The normalized spacial score (nSPS) is 27.6. The van der Waals surface area contributed by atoms with Crippen molar-refractivity contribution in [3.05, 3.63) is 35.9 Å². The monoisotopic (exact) mass is 250 g/mol. The predicted molar refractivity (Wildman–Crippen MR) is 70.2 cm³/mol. The van der Waals surface area contributed by atoms with Crippen LogP contribution in [-0.2, 0) is 20.8 Å². The Morgan fingerprint density at radius 2 is 2.06 bits per heavy atom. The van der Waals surface area contributed by atoms with Crippen LogP contribution < -0.4 is 0 Å². The van der Waals surface area contributed by atoms with Crippen molar-refractivity contribution in [1.29, 1.82) is 0 Å². The standard InChI is InChI=1S/C15H22O3/c1-3-17-15-9-12(2)14(18-15)11-16-10-13-7-5-4-6-8-13/h4-8,12,14-15H,3,9-11H2,1-2H3/t12-,14+,15?/m1/s1. The molecule has 0 N–H and O–H groups in total. The molecule has 0 saturated carbocycles. The van der Waals surface area contributed by atoms with Gasteiger partial charge in [-0.25, -0.2) is 0 Å². The molecule has 1 aliphatic rings. The van der Waals surface area contributed by atoms with Crippen LogP contribution in [0.2, 0.25) is 0 Å². The van der Waals surface area contributed by atoms with Crippen LogP contribution >= 0.6 is 0 Å². The second-order valence-electron chi connectivity index (χ2n) is 4.77.